The summed E-state index contributed by atoms with van der Waals surface area (Å²) in [6, 6.07) is -0.0645. The van der Waals surface area contributed by atoms with Gasteiger partial charge in [0.1, 0.15) is 12.8 Å². The highest BCUT2D eigenvalue weighted by atomic mass is 31.0. The van der Waals surface area contributed by atoms with E-state index in [-0.39, 0.29) is 12.1 Å². The van der Waals surface area contributed by atoms with Crippen LogP contribution in [0, 0.1) is 0 Å². The van der Waals surface area contributed by atoms with Crippen molar-refractivity contribution >= 4 is 15.3 Å². The minimum Gasteiger partial charge on any atom is -0.440 e. The van der Waals surface area contributed by atoms with Gasteiger partial charge in [0.2, 0.25) is 0 Å². The molecule has 0 radical (unpaired) electrons. The maximum absolute atomic E-state index is 11.6. The summed E-state index contributed by atoms with van der Waals surface area (Å²) in [5.74, 6) is 0. The fourth-order valence-corrected chi connectivity index (χ4v) is 1.44. The Morgan fingerprint density at radius 3 is 2.59 bits per heavy atom. The van der Waals surface area contributed by atoms with Crippen LogP contribution < -0.4 is 5.32 Å². The van der Waals surface area contributed by atoms with Crippen LogP contribution in [0.5, 0.6) is 0 Å². The summed E-state index contributed by atoms with van der Waals surface area (Å²) in [5, 5.41) is 2.54. The molecule has 1 fully saturated rings. The highest BCUT2D eigenvalue weighted by molar-refractivity contribution is 7.17. The summed E-state index contributed by atoms with van der Waals surface area (Å²) in [7, 11) is 2.69. The van der Waals surface area contributed by atoms with Crippen LogP contribution in [0.2, 0.25) is 0 Å². The molecule has 3 nitrogen and oxygen atoms in total. The second kappa shape index (κ2) is 9.17. The fraction of sp³-hybridized carbons (Fsp3) is 0.583. The van der Waals surface area contributed by atoms with E-state index in [2.05, 4.69) is 33.6 Å². The molecule has 0 aliphatic carbocycles. The Labute approximate surface area is 105 Å². The van der Waals surface area contributed by atoms with Crippen LogP contribution in [0.1, 0.15) is 20.8 Å². The first-order valence-corrected chi connectivity index (χ1v) is 6.26. The molecule has 1 aliphatic rings. The molecule has 0 spiro atoms. The summed E-state index contributed by atoms with van der Waals surface area (Å²) in [6.07, 6.45) is 6.30. The number of alkyl halides is 1. The molecule has 1 rings (SSSR count). The first-order chi connectivity index (χ1) is 8.01. The van der Waals surface area contributed by atoms with E-state index in [4.69, 9.17) is 4.74 Å². The summed E-state index contributed by atoms with van der Waals surface area (Å²) in [5.41, 5.74) is 0.634. The van der Waals surface area contributed by atoms with Crippen molar-refractivity contribution in [1.29, 1.82) is 0 Å². The van der Waals surface area contributed by atoms with Crippen LogP contribution in [0.25, 0.3) is 0 Å². The lowest BCUT2D eigenvalue weighted by Crippen LogP contribution is -2.26. The number of halogens is 1. The molecular formula is C12H21FNO2P. The predicted octanol–water partition coefficient (Wildman–Crippen LogP) is 2.84. The van der Waals surface area contributed by atoms with Crippen LogP contribution in [0.4, 0.5) is 9.18 Å². The van der Waals surface area contributed by atoms with Crippen molar-refractivity contribution in [3.63, 3.8) is 0 Å². The molecule has 0 aromatic carbocycles. The summed E-state index contributed by atoms with van der Waals surface area (Å²) < 4.78 is 16.4. The van der Waals surface area contributed by atoms with E-state index in [1.165, 1.54) is 6.08 Å². The van der Waals surface area contributed by atoms with Crippen LogP contribution >= 0.6 is 9.24 Å². The van der Waals surface area contributed by atoms with Gasteiger partial charge in [0.25, 0.3) is 0 Å². The second-order valence-corrected chi connectivity index (χ2v) is 4.82. The van der Waals surface area contributed by atoms with Gasteiger partial charge in [-0.25, -0.2) is 9.18 Å². The highest BCUT2D eigenvalue weighted by Crippen LogP contribution is 2.08. The Kier molecular flexibility index (Phi) is 8.69. The molecule has 1 aliphatic heterocycles. The van der Waals surface area contributed by atoms with Gasteiger partial charge in [-0.2, -0.15) is 0 Å². The van der Waals surface area contributed by atoms with Crippen molar-refractivity contribution in [2.75, 3.05) is 6.67 Å². The molecule has 5 heteroatoms. The molecule has 1 heterocycles. The third-order valence-electron chi connectivity index (χ3n) is 1.99. The number of ether oxygens (including phenoxy) is 1. The number of nitrogens with one attached hydrogen (secondary N) is 1. The zero-order chi connectivity index (χ0) is 13.3. The number of amides is 1. The molecule has 1 N–H and O–H groups in total. The predicted molar refractivity (Wildman–Crippen MR) is 72.0 cm³/mol. The van der Waals surface area contributed by atoms with Gasteiger partial charge in [-0.15, -0.1) is 9.24 Å². The smallest absolute Gasteiger partial charge is 0.408 e. The quantitative estimate of drug-likeness (QED) is 0.626. The molecule has 3 unspecified atom stereocenters. The number of hydrogen-bond acceptors (Lipinski definition) is 2. The van der Waals surface area contributed by atoms with E-state index in [1.807, 2.05) is 6.92 Å². The standard InChI is InChI=1S/C7H10FNO2.C5H11P/c1-5-6(3-2-4-8)11-7(10)9-5;1-3-4-5(2)6/h2-3,5-6H,4H2,1H3,(H,9,10);3-5H,6H2,1-2H3/b3-2+;4-3-/t5-,6?;/m0./s1. The summed E-state index contributed by atoms with van der Waals surface area (Å²) in [6.45, 7) is 5.43. The Balaban J connectivity index is 0.000000366. The second-order valence-electron chi connectivity index (χ2n) is 3.77. The van der Waals surface area contributed by atoms with Crippen LogP contribution in [0.3, 0.4) is 0 Å². The van der Waals surface area contributed by atoms with Gasteiger partial charge in [0, 0.05) is 0 Å². The minimum absolute atomic E-state index is 0.0645. The van der Waals surface area contributed by atoms with Crippen molar-refractivity contribution in [2.45, 2.75) is 38.6 Å². The Morgan fingerprint density at radius 2 is 2.29 bits per heavy atom. The van der Waals surface area contributed by atoms with Gasteiger partial charge in [-0.1, -0.05) is 25.2 Å². The number of alkyl carbamates (subject to hydrolysis) is 1. The SMILES string of the molecule is C/C=C\C(C)P.C[C@@H]1NC(=O)OC1/C=C/CF. The Morgan fingerprint density at radius 1 is 1.65 bits per heavy atom. The highest BCUT2D eigenvalue weighted by Gasteiger charge is 2.27. The fourth-order valence-electron chi connectivity index (χ4n) is 1.22. The van der Waals surface area contributed by atoms with E-state index in [9.17, 15) is 9.18 Å². The first kappa shape index (κ1) is 16.1. The van der Waals surface area contributed by atoms with Gasteiger partial charge in [-0.3, -0.25) is 0 Å². The number of carbonyl (C=O) groups is 1. The number of rotatable bonds is 3. The maximum atomic E-state index is 11.6. The molecule has 4 atom stereocenters. The third kappa shape index (κ3) is 7.92. The van der Waals surface area contributed by atoms with Gasteiger partial charge in [-0.05, 0) is 25.6 Å². The Hall–Kier alpha value is -0.890. The molecule has 1 saturated heterocycles. The average molecular weight is 261 g/mol. The molecule has 17 heavy (non-hydrogen) atoms. The molecule has 0 aromatic rings. The van der Waals surface area contributed by atoms with Crippen molar-refractivity contribution in [1.82, 2.24) is 5.32 Å². The van der Waals surface area contributed by atoms with Crippen molar-refractivity contribution in [3.05, 3.63) is 24.3 Å². The van der Waals surface area contributed by atoms with Crippen molar-refractivity contribution in [2.24, 2.45) is 0 Å². The number of carbonyl (C=O) groups excluding carboxylic acids is 1. The largest absolute Gasteiger partial charge is 0.440 e. The third-order valence-corrected chi connectivity index (χ3v) is 2.21. The van der Waals surface area contributed by atoms with E-state index < -0.39 is 12.8 Å². The normalized spacial score (nSPS) is 25.4. The van der Waals surface area contributed by atoms with E-state index in [1.54, 1.807) is 13.0 Å². The van der Waals surface area contributed by atoms with Crippen LogP contribution in [0.15, 0.2) is 24.3 Å². The van der Waals surface area contributed by atoms with E-state index >= 15 is 0 Å². The van der Waals surface area contributed by atoms with Gasteiger partial charge in [0.15, 0.2) is 0 Å². The monoisotopic (exact) mass is 261 g/mol. The zero-order valence-corrected chi connectivity index (χ0v) is 11.7. The van der Waals surface area contributed by atoms with Crippen LogP contribution in [-0.2, 0) is 4.74 Å². The van der Waals surface area contributed by atoms with Gasteiger partial charge >= 0.3 is 6.09 Å². The lowest BCUT2D eigenvalue weighted by Gasteiger charge is -2.05. The molecule has 0 bridgehead atoms. The lowest BCUT2D eigenvalue weighted by atomic mass is 10.2. The summed E-state index contributed by atoms with van der Waals surface area (Å²) in [4.78, 5) is 10.6. The Bertz CT molecular complexity index is 280. The number of hydrogen-bond donors (Lipinski definition) is 1. The van der Waals surface area contributed by atoms with Crippen LogP contribution in [-0.4, -0.2) is 30.6 Å². The topological polar surface area (TPSA) is 38.3 Å². The number of cyclic esters (lactones) is 1. The van der Waals surface area contributed by atoms with Crippen molar-refractivity contribution < 1.29 is 13.9 Å². The number of allylic oxidation sites excluding steroid dienone is 3. The molecule has 0 saturated carbocycles. The first-order valence-electron chi connectivity index (χ1n) is 5.59. The summed E-state index contributed by atoms with van der Waals surface area (Å²) >= 11 is 0. The zero-order valence-electron chi connectivity index (χ0n) is 10.5. The molecular weight excluding hydrogens is 240 g/mol. The van der Waals surface area contributed by atoms with Crippen molar-refractivity contribution in [3.8, 4) is 0 Å². The average Bonchev–Trinajstić information content (AvgIpc) is 2.55. The maximum Gasteiger partial charge on any atom is 0.408 e. The minimum atomic E-state index is -0.527. The van der Waals surface area contributed by atoms with E-state index in [0.29, 0.717) is 5.66 Å². The molecule has 1 amide bonds. The molecule has 98 valence electrons. The lowest BCUT2D eigenvalue weighted by molar-refractivity contribution is 0.154. The van der Waals surface area contributed by atoms with E-state index in [0.717, 1.165) is 0 Å². The van der Waals surface area contributed by atoms with Gasteiger partial charge < -0.3 is 10.1 Å². The molecule has 0 aromatic heterocycles. The van der Waals surface area contributed by atoms with Gasteiger partial charge in [0.05, 0.1) is 6.04 Å².